The van der Waals surface area contributed by atoms with Gasteiger partial charge >= 0.3 is 11.4 Å². The first-order valence-electron chi connectivity index (χ1n) is 8.91. The van der Waals surface area contributed by atoms with Gasteiger partial charge in [-0.25, -0.2) is 0 Å². The van der Waals surface area contributed by atoms with Gasteiger partial charge < -0.3 is 9.47 Å². The van der Waals surface area contributed by atoms with Crippen LogP contribution >= 0.6 is 0 Å². The van der Waals surface area contributed by atoms with Gasteiger partial charge in [-0.15, -0.1) is 0 Å². The summed E-state index contributed by atoms with van der Waals surface area (Å²) in [6.07, 6.45) is 0.366. The summed E-state index contributed by atoms with van der Waals surface area (Å²) in [7, 11) is 0. The summed E-state index contributed by atoms with van der Waals surface area (Å²) < 4.78 is 10.9. The highest BCUT2D eigenvalue weighted by atomic mass is 16.6. The van der Waals surface area contributed by atoms with E-state index in [4.69, 9.17) is 9.47 Å². The average molecular weight is 470 g/mol. The molecule has 0 bridgehead atoms. The van der Waals surface area contributed by atoms with Gasteiger partial charge in [0.1, 0.15) is 11.5 Å². The van der Waals surface area contributed by atoms with E-state index in [1.807, 2.05) is 0 Å². The van der Waals surface area contributed by atoms with Gasteiger partial charge in [-0.3, -0.25) is 45.3 Å². The van der Waals surface area contributed by atoms with Crippen molar-refractivity contribution in [3.05, 3.63) is 101 Å². The molecule has 0 aromatic heterocycles. The lowest BCUT2D eigenvalue weighted by Crippen LogP contribution is -1.99. The van der Waals surface area contributed by atoms with Gasteiger partial charge in [0.05, 0.1) is 37.4 Å². The number of benzene rings is 3. The third kappa shape index (κ3) is 4.88. The second kappa shape index (κ2) is 9.35. The molecular formula is C19H10N4O11. The fraction of sp³-hybridized carbons (Fsp3) is 0. The number of carbonyl (C=O) groups excluding carboxylic acids is 1. The van der Waals surface area contributed by atoms with Crippen LogP contribution < -0.4 is 9.47 Å². The number of ether oxygens (including phenoxy) is 2. The molecule has 0 aliphatic carbocycles. The maximum atomic E-state index is 11.4. The van der Waals surface area contributed by atoms with Gasteiger partial charge in [-0.1, -0.05) is 0 Å². The van der Waals surface area contributed by atoms with Crippen LogP contribution in [0.4, 0.5) is 22.7 Å². The normalized spacial score (nSPS) is 10.2. The Bertz CT molecular complexity index is 1360. The molecule has 0 radical (unpaired) electrons. The second-order valence-corrected chi connectivity index (χ2v) is 6.35. The molecule has 15 nitrogen and oxygen atoms in total. The predicted octanol–water partition coefficient (Wildman–Crippen LogP) is 4.72. The lowest BCUT2D eigenvalue weighted by Gasteiger charge is -2.11. The molecule has 0 heterocycles. The molecule has 0 spiro atoms. The Balaban J connectivity index is 2.01. The molecule has 0 amide bonds. The van der Waals surface area contributed by atoms with E-state index in [1.54, 1.807) is 0 Å². The lowest BCUT2D eigenvalue weighted by atomic mass is 10.2. The highest BCUT2D eigenvalue weighted by Crippen LogP contribution is 2.39. The number of non-ortho nitro benzene ring substituents is 2. The standard InChI is InChI=1S/C19H10N4O11/c24-10-11-1-4-14(33-17-5-2-12(20(25)26)7-15(17)22(29)30)9-19(11)34-18-6-3-13(21(27)28)8-16(18)23(31)32/h1-10H. The van der Waals surface area contributed by atoms with Crippen molar-refractivity contribution in [2.45, 2.75) is 0 Å². The molecule has 3 rings (SSSR count). The summed E-state index contributed by atoms with van der Waals surface area (Å²) in [5, 5.41) is 44.4. The van der Waals surface area contributed by atoms with Crippen LogP contribution in [0.5, 0.6) is 23.0 Å². The van der Waals surface area contributed by atoms with Crippen molar-refractivity contribution in [2.75, 3.05) is 0 Å². The monoisotopic (exact) mass is 470 g/mol. The molecule has 0 unspecified atom stereocenters. The largest absolute Gasteiger partial charge is 0.450 e. The molecule has 0 aliphatic rings. The summed E-state index contributed by atoms with van der Waals surface area (Å²) in [6.45, 7) is 0. The smallest absolute Gasteiger partial charge is 0.318 e. The highest BCUT2D eigenvalue weighted by molar-refractivity contribution is 5.80. The zero-order valence-electron chi connectivity index (χ0n) is 16.6. The Kier molecular flexibility index (Phi) is 6.38. The molecule has 0 atom stereocenters. The molecule has 0 saturated heterocycles. The summed E-state index contributed by atoms with van der Waals surface area (Å²) in [6, 6.07) is 8.84. The van der Waals surface area contributed by atoms with Crippen LogP contribution in [-0.2, 0) is 0 Å². The van der Waals surface area contributed by atoms with Gasteiger partial charge in [0.2, 0.25) is 11.5 Å². The van der Waals surface area contributed by atoms with E-state index in [0.717, 1.165) is 30.3 Å². The first-order chi connectivity index (χ1) is 16.1. The van der Waals surface area contributed by atoms with E-state index in [1.165, 1.54) is 12.1 Å². The molecule has 0 aliphatic heterocycles. The van der Waals surface area contributed by atoms with Crippen molar-refractivity contribution in [3.8, 4) is 23.0 Å². The molecular weight excluding hydrogens is 460 g/mol. The van der Waals surface area contributed by atoms with Crippen molar-refractivity contribution in [1.29, 1.82) is 0 Å². The molecule has 0 saturated carbocycles. The molecule has 3 aromatic rings. The topological polar surface area (TPSA) is 208 Å². The minimum absolute atomic E-state index is 0.0850. The summed E-state index contributed by atoms with van der Waals surface area (Å²) in [4.78, 5) is 52.3. The maximum Gasteiger partial charge on any atom is 0.318 e. The number of rotatable bonds is 9. The van der Waals surface area contributed by atoms with Crippen LogP contribution in [0.3, 0.4) is 0 Å². The fourth-order valence-electron chi connectivity index (χ4n) is 2.71. The van der Waals surface area contributed by atoms with Crippen molar-refractivity contribution >= 4 is 29.0 Å². The molecule has 0 N–H and O–H groups in total. The van der Waals surface area contributed by atoms with E-state index < -0.39 is 48.2 Å². The maximum absolute atomic E-state index is 11.4. The molecule has 3 aromatic carbocycles. The van der Waals surface area contributed by atoms with Gasteiger partial charge in [-0.2, -0.15) is 0 Å². The number of aldehydes is 1. The number of nitrogens with zero attached hydrogens (tertiary/aromatic N) is 4. The summed E-state index contributed by atoms with van der Waals surface area (Å²) in [5.41, 5.74) is -2.63. The van der Waals surface area contributed by atoms with Gasteiger partial charge in [0, 0.05) is 18.2 Å². The van der Waals surface area contributed by atoms with Gasteiger partial charge in [-0.05, 0) is 24.3 Å². The highest BCUT2D eigenvalue weighted by Gasteiger charge is 2.24. The quantitative estimate of drug-likeness (QED) is 0.237. The Morgan fingerprint density at radius 2 is 1.09 bits per heavy atom. The predicted molar refractivity (Wildman–Crippen MR) is 111 cm³/mol. The first-order valence-corrected chi connectivity index (χ1v) is 8.91. The van der Waals surface area contributed by atoms with Crippen LogP contribution in [0.15, 0.2) is 54.6 Å². The fourth-order valence-corrected chi connectivity index (χ4v) is 2.71. The number of nitro benzene ring substituents is 4. The van der Waals surface area contributed by atoms with E-state index in [9.17, 15) is 45.3 Å². The Morgan fingerprint density at radius 1 is 0.588 bits per heavy atom. The van der Waals surface area contributed by atoms with E-state index in [2.05, 4.69) is 0 Å². The molecule has 172 valence electrons. The van der Waals surface area contributed by atoms with Gasteiger partial charge in [0.25, 0.3) is 11.4 Å². The summed E-state index contributed by atoms with van der Waals surface area (Å²) in [5.74, 6) is -1.14. The minimum atomic E-state index is -0.913. The summed E-state index contributed by atoms with van der Waals surface area (Å²) >= 11 is 0. The average Bonchev–Trinajstić information content (AvgIpc) is 2.79. The Morgan fingerprint density at radius 3 is 1.53 bits per heavy atom. The van der Waals surface area contributed by atoms with Crippen LogP contribution in [0, 0.1) is 40.5 Å². The van der Waals surface area contributed by atoms with Crippen molar-refractivity contribution in [2.24, 2.45) is 0 Å². The van der Waals surface area contributed by atoms with Crippen LogP contribution in [0.25, 0.3) is 0 Å². The van der Waals surface area contributed by atoms with Crippen molar-refractivity contribution < 1.29 is 34.0 Å². The van der Waals surface area contributed by atoms with E-state index >= 15 is 0 Å². The van der Waals surface area contributed by atoms with Crippen LogP contribution in [0.2, 0.25) is 0 Å². The van der Waals surface area contributed by atoms with Gasteiger partial charge in [0.15, 0.2) is 6.29 Å². The van der Waals surface area contributed by atoms with E-state index in [-0.39, 0.29) is 22.8 Å². The number of hydrogen-bond acceptors (Lipinski definition) is 11. The number of nitro groups is 4. The Labute approximate surface area is 187 Å². The van der Waals surface area contributed by atoms with Crippen molar-refractivity contribution in [3.63, 3.8) is 0 Å². The van der Waals surface area contributed by atoms with E-state index in [0.29, 0.717) is 18.4 Å². The number of carbonyl (C=O) groups is 1. The first kappa shape index (κ1) is 23.2. The molecule has 34 heavy (non-hydrogen) atoms. The van der Waals surface area contributed by atoms with Crippen molar-refractivity contribution in [1.82, 2.24) is 0 Å². The second-order valence-electron chi connectivity index (χ2n) is 6.35. The third-order valence-corrected chi connectivity index (χ3v) is 4.26. The third-order valence-electron chi connectivity index (χ3n) is 4.26. The SMILES string of the molecule is O=Cc1ccc(Oc2ccc([N+](=O)[O-])cc2[N+](=O)[O-])cc1Oc1ccc([N+](=O)[O-])cc1[N+](=O)[O-]. The minimum Gasteiger partial charge on any atom is -0.450 e. The zero-order valence-corrected chi connectivity index (χ0v) is 16.6. The number of hydrogen-bond donors (Lipinski definition) is 0. The Hall–Kier alpha value is -5.47. The molecule has 0 fully saturated rings. The van der Waals surface area contributed by atoms with Crippen LogP contribution in [0.1, 0.15) is 10.4 Å². The zero-order chi connectivity index (χ0) is 25.0. The molecule has 15 heteroatoms. The lowest BCUT2D eigenvalue weighted by molar-refractivity contribution is -0.394. The van der Waals surface area contributed by atoms with Crippen LogP contribution in [-0.4, -0.2) is 26.0 Å².